The van der Waals surface area contributed by atoms with E-state index in [0.29, 0.717) is 6.42 Å². The van der Waals surface area contributed by atoms with E-state index < -0.39 is 5.97 Å². The third-order valence-corrected chi connectivity index (χ3v) is 2.38. The van der Waals surface area contributed by atoms with E-state index in [-0.39, 0.29) is 6.42 Å². The molecule has 1 N–H and O–H groups in total. The molecule has 5 heteroatoms. The van der Waals surface area contributed by atoms with E-state index in [1.165, 1.54) is 0 Å². The zero-order valence-electron chi connectivity index (χ0n) is 9.23. The first-order valence-electron chi connectivity index (χ1n) is 5.26. The van der Waals surface area contributed by atoms with Gasteiger partial charge in [0.1, 0.15) is 0 Å². The van der Waals surface area contributed by atoms with Crippen LogP contribution < -0.4 is 0 Å². The number of hydrogen-bond acceptors (Lipinski definition) is 3. The van der Waals surface area contributed by atoms with Crippen LogP contribution in [-0.2, 0) is 17.8 Å². The van der Waals surface area contributed by atoms with Crippen molar-refractivity contribution >= 4 is 5.97 Å². The van der Waals surface area contributed by atoms with Crippen molar-refractivity contribution in [3.63, 3.8) is 0 Å². The van der Waals surface area contributed by atoms with Gasteiger partial charge >= 0.3 is 5.97 Å². The van der Waals surface area contributed by atoms with Crippen LogP contribution in [0.15, 0.2) is 0 Å². The molecule has 15 heavy (non-hydrogen) atoms. The molecule has 0 saturated carbocycles. The average molecular weight is 211 g/mol. The number of aliphatic carboxylic acids is 1. The van der Waals surface area contributed by atoms with E-state index in [4.69, 9.17) is 5.11 Å². The van der Waals surface area contributed by atoms with Gasteiger partial charge in [-0.05, 0) is 13.3 Å². The lowest BCUT2D eigenvalue weighted by Gasteiger charge is -2.01. The van der Waals surface area contributed by atoms with Crippen LogP contribution in [0, 0.1) is 6.92 Å². The maximum Gasteiger partial charge on any atom is 0.303 e. The van der Waals surface area contributed by atoms with E-state index in [1.54, 1.807) is 0 Å². The fourth-order valence-electron chi connectivity index (χ4n) is 1.37. The number of rotatable bonds is 6. The van der Waals surface area contributed by atoms with Gasteiger partial charge in [-0.15, -0.1) is 5.10 Å². The highest BCUT2D eigenvalue weighted by Crippen LogP contribution is 2.07. The third kappa shape index (κ3) is 3.34. The molecule has 1 rings (SSSR count). The zero-order valence-corrected chi connectivity index (χ0v) is 9.23. The van der Waals surface area contributed by atoms with Gasteiger partial charge in [-0.3, -0.25) is 4.79 Å². The van der Waals surface area contributed by atoms with Gasteiger partial charge in [0.25, 0.3) is 0 Å². The Labute approximate surface area is 89.1 Å². The lowest BCUT2D eigenvalue weighted by molar-refractivity contribution is -0.136. The number of carbonyl (C=O) groups is 1. The van der Waals surface area contributed by atoms with Gasteiger partial charge in [0.05, 0.1) is 17.8 Å². The highest BCUT2D eigenvalue weighted by molar-refractivity contribution is 5.66. The van der Waals surface area contributed by atoms with Crippen molar-refractivity contribution in [3.05, 3.63) is 11.4 Å². The topological polar surface area (TPSA) is 68.0 Å². The minimum absolute atomic E-state index is 0.118. The summed E-state index contributed by atoms with van der Waals surface area (Å²) in [6, 6.07) is 0. The van der Waals surface area contributed by atoms with Gasteiger partial charge in [-0.2, -0.15) is 0 Å². The molecule has 0 radical (unpaired) electrons. The molecule has 0 aliphatic carbocycles. The van der Waals surface area contributed by atoms with Crippen LogP contribution in [0.25, 0.3) is 0 Å². The molecule has 5 nitrogen and oxygen atoms in total. The number of hydrogen-bond donors (Lipinski definition) is 1. The van der Waals surface area contributed by atoms with Crippen molar-refractivity contribution in [2.75, 3.05) is 0 Å². The Morgan fingerprint density at radius 3 is 2.87 bits per heavy atom. The van der Waals surface area contributed by atoms with E-state index in [2.05, 4.69) is 17.2 Å². The highest BCUT2D eigenvalue weighted by Gasteiger charge is 2.09. The fourth-order valence-corrected chi connectivity index (χ4v) is 1.37. The van der Waals surface area contributed by atoms with Gasteiger partial charge in [0.2, 0.25) is 0 Å². The molecule has 1 aromatic heterocycles. The monoisotopic (exact) mass is 211 g/mol. The second-order valence-electron chi connectivity index (χ2n) is 3.59. The van der Waals surface area contributed by atoms with E-state index >= 15 is 0 Å². The van der Waals surface area contributed by atoms with Crippen molar-refractivity contribution in [1.29, 1.82) is 0 Å². The standard InChI is InChI=1S/C10H17N3O2/c1-3-4-7-13-8(2)9(11-12-13)5-6-10(14)15/h3-7H2,1-2H3,(H,14,15). The van der Waals surface area contributed by atoms with Gasteiger partial charge < -0.3 is 5.11 Å². The second kappa shape index (κ2) is 5.48. The Kier molecular flexibility index (Phi) is 4.27. The van der Waals surface area contributed by atoms with Gasteiger partial charge in [-0.1, -0.05) is 18.6 Å². The van der Waals surface area contributed by atoms with Crippen LogP contribution in [0.5, 0.6) is 0 Å². The van der Waals surface area contributed by atoms with Gasteiger partial charge in [0.15, 0.2) is 0 Å². The smallest absolute Gasteiger partial charge is 0.303 e. The number of aromatic nitrogens is 3. The fraction of sp³-hybridized carbons (Fsp3) is 0.700. The largest absolute Gasteiger partial charge is 0.481 e. The SMILES string of the molecule is CCCCn1nnc(CCC(=O)O)c1C. The Bertz CT molecular complexity index is 333. The molecule has 1 heterocycles. The molecular formula is C10H17N3O2. The van der Waals surface area contributed by atoms with E-state index in [9.17, 15) is 4.79 Å². The molecule has 0 atom stereocenters. The van der Waals surface area contributed by atoms with Crippen molar-refractivity contribution < 1.29 is 9.90 Å². The van der Waals surface area contributed by atoms with Crippen LogP contribution in [-0.4, -0.2) is 26.1 Å². The Morgan fingerprint density at radius 1 is 1.53 bits per heavy atom. The van der Waals surface area contributed by atoms with Gasteiger partial charge in [0, 0.05) is 13.0 Å². The normalized spacial score (nSPS) is 10.5. The van der Waals surface area contributed by atoms with Crippen molar-refractivity contribution in [2.45, 2.75) is 46.1 Å². The van der Waals surface area contributed by atoms with E-state index in [1.807, 2.05) is 11.6 Å². The Balaban J connectivity index is 2.58. The molecule has 0 amide bonds. The summed E-state index contributed by atoms with van der Waals surface area (Å²) in [4.78, 5) is 10.4. The minimum Gasteiger partial charge on any atom is -0.481 e. The molecule has 1 aromatic rings. The molecule has 0 aliphatic heterocycles. The maximum atomic E-state index is 10.4. The zero-order chi connectivity index (χ0) is 11.3. The van der Waals surface area contributed by atoms with Crippen LogP contribution >= 0.6 is 0 Å². The molecule has 0 spiro atoms. The summed E-state index contributed by atoms with van der Waals surface area (Å²) in [7, 11) is 0. The lowest BCUT2D eigenvalue weighted by Crippen LogP contribution is -2.03. The highest BCUT2D eigenvalue weighted by atomic mass is 16.4. The van der Waals surface area contributed by atoms with Crippen LogP contribution in [0.4, 0.5) is 0 Å². The molecule has 0 bridgehead atoms. The van der Waals surface area contributed by atoms with Crippen LogP contribution in [0.1, 0.15) is 37.6 Å². The van der Waals surface area contributed by atoms with E-state index in [0.717, 1.165) is 30.8 Å². The number of carboxylic acids is 1. The van der Waals surface area contributed by atoms with Gasteiger partial charge in [-0.25, -0.2) is 4.68 Å². The first-order valence-corrected chi connectivity index (χ1v) is 5.26. The predicted octanol–water partition coefficient (Wildman–Crippen LogP) is 1.40. The number of unbranched alkanes of at least 4 members (excludes halogenated alkanes) is 1. The summed E-state index contributed by atoms with van der Waals surface area (Å²) in [6.07, 6.45) is 2.77. The summed E-state index contributed by atoms with van der Waals surface area (Å²) >= 11 is 0. The minimum atomic E-state index is -0.794. The van der Waals surface area contributed by atoms with Crippen molar-refractivity contribution in [1.82, 2.24) is 15.0 Å². The average Bonchev–Trinajstić information content (AvgIpc) is 2.54. The maximum absolute atomic E-state index is 10.4. The first kappa shape index (κ1) is 11.7. The third-order valence-electron chi connectivity index (χ3n) is 2.38. The quantitative estimate of drug-likeness (QED) is 0.772. The number of aryl methyl sites for hydroxylation is 2. The second-order valence-corrected chi connectivity index (χ2v) is 3.59. The molecular weight excluding hydrogens is 194 g/mol. The summed E-state index contributed by atoms with van der Waals surface area (Å²) in [6.45, 7) is 4.92. The summed E-state index contributed by atoms with van der Waals surface area (Å²) < 4.78 is 1.85. The lowest BCUT2D eigenvalue weighted by atomic mass is 10.2. The van der Waals surface area contributed by atoms with Crippen molar-refractivity contribution in [2.24, 2.45) is 0 Å². The number of nitrogens with zero attached hydrogens (tertiary/aromatic N) is 3. The molecule has 0 aliphatic rings. The van der Waals surface area contributed by atoms with Crippen LogP contribution in [0.2, 0.25) is 0 Å². The molecule has 84 valence electrons. The Morgan fingerprint density at radius 2 is 2.27 bits per heavy atom. The van der Waals surface area contributed by atoms with Crippen LogP contribution in [0.3, 0.4) is 0 Å². The van der Waals surface area contributed by atoms with Crippen molar-refractivity contribution in [3.8, 4) is 0 Å². The Hall–Kier alpha value is -1.39. The molecule has 0 saturated heterocycles. The summed E-state index contributed by atoms with van der Waals surface area (Å²) in [5.41, 5.74) is 1.79. The molecule has 0 fully saturated rings. The molecule has 0 aromatic carbocycles. The first-order chi connectivity index (χ1) is 7.15. The molecule has 0 unspecified atom stereocenters. The summed E-state index contributed by atoms with van der Waals surface area (Å²) in [5.74, 6) is -0.794. The number of carboxylic acid groups (broad SMARTS) is 1. The summed E-state index contributed by atoms with van der Waals surface area (Å²) in [5, 5.41) is 16.6. The predicted molar refractivity (Wildman–Crippen MR) is 55.6 cm³/mol.